The quantitative estimate of drug-likeness (QED) is 0.365. The monoisotopic (exact) mass is 451 g/mol. The van der Waals surface area contributed by atoms with Gasteiger partial charge in [-0.1, -0.05) is 17.7 Å². The van der Waals surface area contributed by atoms with Crippen LogP contribution in [0.25, 0.3) is 11.8 Å². The van der Waals surface area contributed by atoms with Gasteiger partial charge in [-0.3, -0.25) is 19.8 Å². The first-order valence-electron chi connectivity index (χ1n) is 9.39. The van der Waals surface area contributed by atoms with Crippen molar-refractivity contribution in [3.63, 3.8) is 0 Å². The number of thiocarbonyl (C=S) groups is 1. The third-order valence-electron chi connectivity index (χ3n) is 5.00. The van der Waals surface area contributed by atoms with Crippen molar-refractivity contribution in [1.29, 1.82) is 0 Å². The number of ether oxygens (including phenoxy) is 1. The molecule has 0 atom stereocenters. The highest BCUT2D eigenvalue weighted by Gasteiger charge is 2.35. The van der Waals surface area contributed by atoms with Gasteiger partial charge in [-0.25, -0.2) is 0 Å². The maximum absolute atomic E-state index is 13.3. The lowest BCUT2D eigenvalue weighted by atomic mass is 10.1. The van der Waals surface area contributed by atoms with Crippen molar-refractivity contribution in [2.45, 2.75) is 6.92 Å². The average molecular weight is 452 g/mol. The molecule has 1 fully saturated rings. The van der Waals surface area contributed by atoms with Crippen LogP contribution in [0.15, 0.2) is 66.4 Å². The van der Waals surface area contributed by atoms with Gasteiger partial charge < -0.3 is 9.30 Å². The number of hydrogen-bond donors (Lipinski definition) is 1. The van der Waals surface area contributed by atoms with E-state index < -0.39 is 11.8 Å². The smallest absolute Gasteiger partial charge is 0.270 e. The van der Waals surface area contributed by atoms with Crippen molar-refractivity contribution in [2.24, 2.45) is 0 Å². The number of hydrogen-bond acceptors (Lipinski definition) is 4. The Morgan fingerprint density at radius 1 is 1.06 bits per heavy atom. The van der Waals surface area contributed by atoms with Crippen LogP contribution in [-0.2, 0) is 9.59 Å². The van der Waals surface area contributed by atoms with Crippen LogP contribution in [0.4, 0.5) is 5.69 Å². The third kappa shape index (κ3) is 3.85. The van der Waals surface area contributed by atoms with E-state index in [1.807, 2.05) is 47.2 Å². The predicted octanol–water partition coefficient (Wildman–Crippen LogP) is 4.28. The molecule has 1 saturated heterocycles. The van der Waals surface area contributed by atoms with E-state index in [1.54, 1.807) is 38.3 Å². The molecule has 1 N–H and O–H groups in total. The molecule has 2 aromatic carbocycles. The Hall–Kier alpha value is -3.42. The van der Waals surface area contributed by atoms with Crippen LogP contribution in [0.2, 0.25) is 5.02 Å². The van der Waals surface area contributed by atoms with E-state index in [2.05, 4.69) is 5.32 Å². The zero-order valence-electron chi connectivity index (χ0n) is 16.8. The molecule has 1 aliphatic rings. The number of rotatable bonds is 4. The van der Waals surface area contributed by atoms with E-state index in [0.29, 0.717) is 22.0 Å². The second kappa shape index (κ2) is 8.37. The van der Waals surface area contributed by atoms with Gasteiger partial charge in [0.05, 0.1) is 12.8 Å². The summed E-state index contributed by atoms with van der Waals surface area (Å²) in [5, 5.41) is 3.12. The summed E-state index contributed by atoms with van der Waals surface area (Å²) in [4.78, 5) is 27.2. The van der Waals surface area contributed by atoms with E-state index in [-0.39, 0.29) is 10.7 Å². The molecule has 2 heterocycles. The van der Waals surface area contributed by atoms with Crippen molar-refractivity contribution in [3.05, 3.63) is 82.6 Å². The number of carbonyl (C=O) groups is 2. The molecule has 2 amide bonds. The van der Waals surface area contributed by atoms with Crippen molar-refractivity contribution in [3.8, 4) is 11.4 Å². The van der Waals surface area contributed by atoms with Gasteiger partial charge in [0.2, 0.25) is 0 Å². The molecular weight excluding hydrogens is 434 g/mol. The minimum atomic E-state index is -0.548. The van der Waals surface area contributed by atoms with Crippen molar-refractivity contribution < 1.29 is 14.3 Å². The standard InChI is InChI=1S/C23H18ClN3O3S/c1-14-19(24)6-3-7-20(14)27-22(29)18(21(28)25-23(27)31)13-16-5-4-12-26(16)15-8-10-17(30-2)11-9-15/h3-13H,1-2H3,(H,25,28,31). The van der Waals surface area contributed by atoms with Crippen LogP contribution >= 0.6 is 23.8 Å². The molecule has 0 unspecified atom stereocenters. The molecule has 0 radical (unpaired) electrons. The Bertz CT molecular complexity index is 1230. The molecule has 0 saturated carbocycles. The minimum Gasteiger partial charge on any atom is -0.497 e. The van der Waals surface area contributed by atoms with Crippen molar-refractivity contribution in [1.82, 2.24) is 9.88 Å². The molecule has 1 aromatic heterocycles. The summed E-state index contributed by atoms with van der Waals surface area (Å²) in [5.41, 5.74) is 2.72. The highest BCUT2D eigenvalue weighted by atomic mass is 35.5. The number of amides is 2. The van der Waals surface area contributed by atoms with E-state index in [4.69, 9.17) is 28.6 Å². The fraction of sp³-hybridized carbons (Fsp3) is 0.0870. The topological polar surface area (TPSA) is 63.6 Å². The molecule has 1 aliphatic heterocycles. The zero-order chi connectivity index (χ0) is 22.1. The molecule has 3 aromatic rings. The van der Waals surface area contributed by atoms with Gasteiger partial charge in [0.1, 0.15) is 11.3 Å². The Morgan fingerprint density at radius 3 is 2.52 bits per heavy atom. The summed E-state index contributed by atoms with van der Waals surface area (Å²) in [6.45, 7) is 1.79. The van der Waals surface area contributed by atoms with Crippen LogP contribution in [0.3, 0.4) is 0 Å². The van der Waals surface area contributed by atoms with Crippen molar-refractivity contribution in [2.75, 3.05) is 12.0 Å². The first kappa shape index (κ1) is 20.8. The van der Waals surface area contributed by atoms with Crippen LogP contribution in [0.1, 0.15) is 11.3 Å². The van der Waals surface area contributed by atoms with Crippen LogP contribution in [-0.4, -0.2) is 28.6 Å². The minimum absolute atomic E-state index is 0.0167. The molecule has 156 valence electrons. The first-order valence-corrected chi connectivity index (χ1v) is 10.2. The maximum Gasteiger partial charge on any atom is 0.270 e. The number of halogens is 1. The summed E-state index contributed by atoms with van der Waals surface area (Å²) >= 11 is 11.5. The molecule has 0 bridgehead atoms. The second-order valence-electron chi connectivity index (χ2n) is 6.84. The SMILES string of the molecule is COc1ccc(-n2cccc2C=C2C(=O)NC(=S)N(c3cccc(Cl)c3C)C2=O)cc1. The molecule has 0 aliphatic carbocycles. The molecule has 31 heavy (non-hydrogen) atoms. The van der Waals surface area contributed by atoms with Gasteiger partial charge in [-0.05, 0) is 79.3 Å². The normalized spacial score (nSPS) is 15.4. The molecule has 8 heteroatoms. The van der Waals surface area contributed by atoms with Crippen LogP contribution in [0, 0.1) is 6.92 Å². The Balaban J connectivity index is 1.75. The summed E-state index contributed by atoms with van der Waals surface area (Å²) in [6, 6.07) is 16.3. The number of nitrogens with zero attached hydrogens (tertiary/aromatic N) is 2. The van der Waals surface area contributed by atoms with Gasteiger partial charge >= 0.3 is 0 Å². The largest absolute Gasteiger partial charge is 0.497 e. The number of anilines is 1. The maximum atomic E-state index is 13.3. The second-order valence-corrected chi connectivity index (χ2v) is 7.64. The van der Waals surface area contributed by atoms with E-state index in [1.165, 1.54) is 4.90 Å². The van der Waals surface area contributed by atoms with Gasteiger partial charge in [0.15, 0.2) is 5.11 Å². The van der Waals surface area contributed by atoms with Gasteiger partial charge in [0, 0.05) is 22.6 Å². The fourth-order valence-corrected chi connectivity index (χ4v) is 3.80. The number of nitrogens with one attached hydrogen (secondary N) is 1. The predicted molar refractivity (Wildman–Crippen MR) is 125 cm³/mol. The first-order chi connectivity index (χ1) is 14.9. The van der Waals surface area contributed by atoms with Gasteiger partial charge in [-0.15, -0.1) is 0 Å². The van der Waals surface area contributed by atoms with Crippen LogP contribution < -0.4 is 15.0 Å². The molecule has 4 rings (SSSR count). The van der Waals surface area contributed by atoms with Gasteiger partial charge in [-0.2, -0.15) is 0 Å². The third-order valence-corrected chi connectivity index (χ3v) is 5.70. The number of aromatic nitrogens is 1. The molecular formula is C23H18ClN3O3S. The number of benzene rings is 2. The van der Waals surface area contributed by atoms with Gasteiger partial charge in [0.25, 0.3) is 11.8 Å². The summed E-state index contributed by atoms with van der Waals surface area (Å²) in [6.07, 6.45) is 3.40. The highest BCUT2D eigenvalue weighted by Crippen LogP contribution is 2.30. The Labute approximate surface area is 189 Å². The van der Waals surface area contributed by atoms with Crippen molar-refractivity contribution >= 4 is 52.5 Å². The average Bonchev–Trinajstić information content (AvgIpc) is 3.22. The van der Waals surface area contributed by atoms with Crippen LogP contribution in [0.5, 0.6) is 5.75 Å². The zero-order valence-corrected chi connectivity index (χ0v) is 18.3. The molecule has 0 spiro atoms. The summed E-state index contributed by atoms with van der Waals surface area (Å²) < 4.78 is 7.07. The van der Waals surface area contributed by atoms with E-state index in [9.17, 15) is 9.59 Å². The number of methoxy groups -OCH3 is 1. The number of carbonyl (C=O) groups excluding carboxylic acids is 2. The molecule has 6 nitrogen and oxygen atoms in total. The Morgan fingerprint density at radius 2 is 1.81 bits per heavy atom. The summed E-state index contributed by atoms with van der Waals surface area (Å²) in [7, 11) is 1.60. The summed E-state index contributed by atoms with van der Waals surface area (Å²) in [5.74, 6) is -0.325. The lowest BCUT2D eigenvalue weighted by Crippen LogP contribution is -2.54. The Kier molecular flexibility index (Phi) is 5.63. The lowest BCUT2D eigenvalue weighted by Gasteiger charge is -2.30. The van der Waals surface area contributed by atoms with E-state index in [0.717, 1.165) is 11.4 Å². The highest BCUT2D eigenvalue weighted by molar-refractivity contribution is 7.80. The lowest BCUT2D eigenvalue weighted by molar-refractivity contribution is -0.122. The fourth-order valence-electron chi connectivity index (χ4n) is 3.35. The van der Waals surface area contributed by atoms with E-state index >= 15 is 0 Å².